The van der Waals surface area contributed by atoms with Gasteiger partial charge in [-0.15, -0.1) is 0 Å². The Bertz CT molecular complexity index is 283. The van der Waals surface area contributed by atoms with Crippen molar-refractivity contribution in [2.45, 2.75) is 34.1 Å². The van der Waals surface area contributed by atoms with Gasteiger partial charge in [-0.05, 0) is 18.8 Å². The van der Waals surface area contributed by atoms with Crippen LogP contribution in [0.1, 0.15) is 34.1 Å². The summed E-state index contributed by atoms with van der Waals surface area (Å²) in [5.74, 6) is -1.83. The third-order valence-electron chi connectivity index (χ3n) is 1.41. The van der Waals surface area contributed by atoms with E-state index < -0.39 is 11.9 Å². The summed E-state index contributed by atoms with van der Waals surface area (Å²) < 4.78 is 0. The molecule has 0 aromatic heterocycles. The predicted octanol–water partition coefficient (Wildman–Crippen LogP) is 2.71. The van der Waals surface area contributed by atoms with Crippen molar-refractivity contribution in [2.75, 3.05) is 0 Å². The molecule has 0 amide bonds. The van der Waals surface area contributed by atoms with Crippen LogP contribution in [0.2, 0.25) is 0 Å². The van der Waals surface area contributed by atoms with Gasteiger partial charge in [-0.1, -0.05) is 33.9 Å². The van der Waals surface area contributed by atoms with Gasteiger partial charge < -0.3 is 10.2 Å². The highest BCUT2D eigenvalue weighted by molar-refractivity contribution is 5.85. The second-order valence-corrected chi connectivity index (χ2v) is 4.73. The van der Waals surface area contributed by atoms with Crippen LogP contribution in [-0.4, -0.2) is 22.2 Å². The normalized spacial score (nSPS) is 9.75. The highest BCUT2D eigenvalue weighted by Gasteiger charge is 2.15. The number of rotatable bonds is 3. The minimum atomic E-state index is -0.935. The Balaban J connectivity index is 0. The van der Waals surface area contributed by atoms with Crippen molar-refractivity contribution >= 4 is 11.9 Å². The van der Waals surface area contributed by atoms with E-state index in [0.717, 1.165) is 0 Å². The lowest BCUT2D eigenvalue weighted by Crippen LogP contribution is -2.10. The van der Waals surface area contributed by atoms with Crippen LogP contribution in [0.3, 0.4) is 0 Å². The van der Waals surface area contributed by atoms with Crippen LogP contribution in [0.15, 0.2) is 24.3 Å². The van der Waals surface area contributed by atoms with E-state index in [2.05, 4.69) is 13.2 Å². The van der Waals surface area contributed by atoms with Crippen LogP contribution in [-0.2, 0) is 9.59 Å². The second kappa shape index (κ2) is 6.82. The van der Waals surface area contributed by atoms with Crippen molar-refractivity contribution in [1.82, 2.24) is 0 Å². The van der Waals surface area contributed by atoms with Crippen LogP contribution in [0.4, 0.5) is 0 Å². The monoisotopic (exact) mass is 228 g/mol. The molecule has 0 heterocycles. The standard InChI is InChI=1S/C8H14O2.C4H6O2/c1-6(7(9)10)5-8(2,3)4;1-3(2)4(5)6/h1,5H2,2-4H3,(H,9,10);1H2,2H3,(H,5,6). The quantitative estimate of drug-likeness (QED) is 0.728. The highest BCUT2D eigenvalue weighted by Crippen LogP contribution is 2.22. The van der Waals surface area contributed by atoms with Gasteiger partial charge in [-0.2, -0.15) is 0 Å². The Morgan fingerprint density at radius 1 is 1.06 bits per heavy atom. The maximum Gasteiger partial charge on any atom is 0.330 e. The molecule has 16 heavy (non-hydrogen) atoms. The fourth-order valence-electron chi connectivity index (χ4n) is 0.716. The first-order valence-corrected chi connectivity index (χ1v) is 4.77. The molecule has 0 rings (SSSR count). The lowest BCUT2D eigenvalue weighted by atomic mass is 9.88. The van der Waals surface area contributed by atoms with E-state index in [4.69, 9.17) is 10.2 Å². The summed E-state index contributed by atoms with van der Waals surface area (Å²) in [5, 5.41) is 16.3. The van der Waals surface area contributed by atoms with Crippen LogP contribution in [0.25, 0.3) is 0 Å². The van der Waals surface area contributed by atoms with Gasteiger partial charge in [0.1, 0.15) is 0 Å². The molecule has 0 radical (unpaired) electrons. The lowest BCUT2D eigenvalue weighted by molar-refractivity contribution is -0.133. The first-order valence-electron chi connectivity index (χ1n) is 4.77. The number of carbonyl (C=O) groups is 2. The van der Waals surface area contributed by atoms with Gasteiger partial charge in [0.2, 0.25) is 0 Å². The maximum atomic E-state index is 10.3. The Morgan fingerprint density at radius 3 is 1.44 bits per heavy atom. The smallest absolute Gasteiger partial charge is 0.330 e. The Morgan fingerprint density at radius 2 is 1.38 bits per heavy atom. The minimum absolute atomic E-state index is 0.0233. The summed E-state index contributed by atoms with van der Waals surface area (Å²) in [6, 6.07) is 0. The molecule has 4 nitrogen and oxygen atoms in total. The van der Waals surface area contributed by atoms with E-state index in [1.807, 2.05) is 20.8 Å². The van der Waals surface area contributed by atoms with Crippen molar-refractivity contribution in [3.63, 3.8) is 0 Å². The van der Waals surface area contributed by atoms with Gasteiger partial charge in [-0.3, -0.25) is 0 Å². The number of carboxylic acid groups (broad SMARTS) is 2. The fraction of sp³-hybridized carbons (Fsp3) is 0.500. The van der Waals surface area contributed by atoms with E-state index in [0.29, 0.717) is 6.42 Å². The summed E-state index contributed by atoms with van der Waals surface area (Å²) in [7, 11) is 0. The van der Waals surface area contributed by atoms with Crippen LogP contribution in [0, 0.1) is 5.41 Å². The van der Waals surface area contributed by atoms with Gasteiger partial charge in [0.25, 0.3) is 0 Å². The molecule has 0 saturated carbocycles. The van der Waals surface area contributed by atoms with Gasteiger partial charge in [0.05, 0.1) is 0 Å². The second-order valence-electron chi connectivity index (χ2n) is 4.73. The molecule has 0 unspecified atom stereocenters. The third kappa shape index (κ3) is 12.4. The summed E-state index contributed by atoms with van der Waals surface area (Å²) in [6.45, 7) is 14.0. The van der Waals surface area contributed by atoms with Crippen molar-refractivity contribution < 1.29 is 19.8 Å². The summed E-state index contributed by atoms with van der Waals surface area (Å²) in [5.41, 5.74) is 0.484. The molecule has 0 atom stereocenters. The van der Waals surface area contributed by atoms with E-state index >= 15 is 0 Å². The van der Waals surface area contributed by atoms with Crippen LogP contribution < -0.4 is 0 Å². The molecule has 0 bridgehead atoms. The maximum absolute atomic E-state index is 10.3. The number of hydrogen-bond donors (Lipinski definition) is 2. The average Bonchev–Trinajstić information content (AvgIpc) is 2.01. The zero-order chi connectivity index (χ0) is 13.5. The van der Waals surface area contributed by atoms with E-state index in [9.17, 15) is 9.59 Å². The highest BCUT2D eigenvalue weighted by atomic mass is 16.4. The molecule has 0 spiro atoms. The SMILES string of the molecule is C=C(C)C(=O)O.C=C(CC(C)(C)C)C(=O)O. The molecule has 0 aliphatic heterocycles. The molecule has 0 aromatic rings. The van der Waals surface area contributed by atoms with Crippen LogP contribution in [0.5, 0.6) is 0 Å². The van der Waals surface area contributed by atoms with Gasteiger partial charge in [-0.25, -0.2) is 9.59 Å². The first kappa shape index (κ1) is 16.8. The largest absolute Gasteiger partial charge is 0.478 e. The average molecular weight is 228 g/mol. The van der Waals surface area contributed by atoms with Crippen LogP contribution >= 0.6 is 0 Å². The van der Waals surface area contributed by atoms with E-state index in [1.165, 1.54) is 6.92 Å². The first-order chi connectivity index (χ1) is 6.97. The summed E-state index contributed by atoms with van der Waals surface area (Å²) in [4.78, 5) is 19.9. The lowest BCUT2D eigenvalue weighted by Gasteiger charge is -2.17. The number of hydrogen-bond acceptors (Lipinski definition) is 2. The number of carboxylic acids is 2. The fourth-order valence-corrected chi connectivity index (χ4v) is 0.716. The molecule has 0 aliphatic carbocycles. The summed E-state index contributed by atoms with van der Waals surface area (Å²) in [6.07, 6.45) is 0.544. The molecule has 92 valence electrons. The molecule has 0 fully saturated rings. The minimum Gasteiger partial charge on any atom is -0.478 e. The Hall–Kier alpha value is -1.58. The van der Waals surface area contributed by atoms with Crippen molar-refractivity contribution in [1.29, 1.82) is 0 Å². The Kier molecular flexibility index (Phi) is 7.18. The van der Waals surface area contributed by atoms with E-state index in [-0.39, 0.29) is 16.6 Å². The molecular weight excluding hydrogens is 208 g/mol. The predicted molar refractivity (Wildman–Crippen MR) is 63.3 cm³/mol. The molecule has 4 heteroatoms. The van der Waals surface area contributed by atoms with Crippen molar-refractivity contribution in [2.24, 2.45) is 5.41 Å². The molecule has 0 aliphatic rings. The Labute approximate surface area is 96.3 Å². The van der Waals surface area contributed by atoms with Gasteiger partial charge in [0, 0.05) is 11.1 Å². The molecule has 0 aromatic carbocycles. The van der Waals surface area contributed by atoms with Crippen molar-refractivity contribution in [3.8, 4) is 0 Å². The zero-order valence-corrected chi connectivity index (χ0v) is 10.3. The number of aliphatic carboxylic acids is 2. The summed E-state index contributed by atoms with van der Waals surface area (Å²) >= 11 is 0. The van der Waals surface area contributed by atoms with E-state index in [1.54, 1.807) is 0 Å². The third-order valence-corrected chi connectivity index (χ3v) is 1.41. The molecular formula is C12H20O4. The van der Waals surface area contributed by atoms with Crippen molar-refractivity contribution in [3.05, 3.63) is 24.3 Å². The topological polar surface area (TPSA) is 74.6 Å². The molecule has 2 N–H and O–H groups in total. The van der Waals surface area contributed by atoms with Gasteiger partial charge >= 0.3 is 11.9 Å². The molecule has 0 saturated heterocycles. The van der Waals surface area contributed by atoms with Gasteiger partial charge in [0.15, 0.2) is 0 Å². The zero-order valence-electron chi connectivity index (χ0n) is 10.3.